The van der Waals surface area contributed by atoms with Crippen molar-refractivity contribution < 1.29 is 19.1 Å². The van der Waals surface area contributed by atoms with E-state index in [9.17, 15) is 19.6 Å². The zero-order valence-electron chi connectivity index (χ0n) is 17.3. The lowest BCUT2D eigenvalue weighted by Gasteiger charge is -2.09. The summed E-state index contributed by atoms with van der Waals surface area (Å²) in [4.78, 5) is 37.9. The predicted molar refractivity (Wildman–Crippen MR) is 126 cm³/mol. The molecule has 0 spiro atoms. The number of aryl methyl sites for hydroxylation is 1. The van der Waals surface area contributed by atoms with Crippen LogP contribution in [-0.2, 0) is 22.4 Å². The van der Waals surface area contributed by atoms with Gasteiger partial charge in [-0.05, 0) is 72.5 Å². The number of benzene rings is 1. The minimum Gasteiger partial charge on any atom is -0.422 e. The second kappa shape index (κ2) is 10.2. The summed E-state index contributed by atoms with van der Waals surface area (Å²) >= 11 is 2.64. The Morgan fingerprint density at radius 1 is 1.09 bits per heavy atom. The van der Waals surface area contributed by atoms with Crippen molar-refractivity contribution in [1.29, 1.82) is 5.26 Å². The summed E-state index contributed by atoms with van der Waals surface area (Å²) in [7, 11) is 0. The molecule has 4 rings (SSSR count). The number of hydrogen-bond acceptors (Lipinski definition) is 8. The summed E-state index contributed by atoms with van der Waals surface area (Å²) < 4.78 is 5.28. The standard InChI is InChI=1S/C23H18N4O4S2/c24-12-17-16-4-1-2-5-18(16)33-22(17)26-20(28)21(29)27-25-13-14-7-9-15(10-8-14)31-23(30)19-6-3-11-32-19/h3,6-11,13H,1-2,4-5H2,(H,26,28)(H,27,29)/b25-13+. The molecule has 2 N–H and O–H groups in total. The van der Waals surface area contributed by atoms with E-state index >= 15 is 0 Å². The smallest absolute Gasteiger partial charge is 0.353 e. The van der Waals surface area contributed by atoms with Crippen LogP contribution in [0.3, 0.4) is 0 Å². The number of amides is 2. The van der Waals surface area contributed by atoms with Crippen LogP contribution in [0.2, 0.25) is 0 Å². The first-order valence-corrected chi connectivity index (χ1v) is 11.8. The summed E-state index contributed by atoms with van der Waals surface area (Å²) in [6, 6.07) is 12.1. The van der Waals surface area contributed by atoms with Crippen LogP contribution in [-0.4, -0.2) is 24.0 Å². The van der Waals surface area contributed by atoms with E-state index in [1.165, 1.54) is 28.9 Å². The molecule has 2 amide bonds. The highest BCUT2D eigenvalue weighted by Gasteiger charge is 2.23. The molecule has 8 nitrogen and oxygen atoms in total. The molecule has 0 saturated heterocycles. The van der Waals surface area contributed by atoms with Gasteiger partial charge in [0.15, 0.2) is 0 Å². The van der Waals surface area contributed by atoms with Crippen molar-refractivity contribution >= 4 is 51.7 Å². The number of nitrogens with one attached hydrogen (secondary N) is 2. The Balaban J connectivity index is 1.31. The lowest BCUT2D eigenvalue weighted by molar-refractivity contribution is -0.136. The van der Waals surface area contributed by atoms with Crippen molar-refractivity contribution in [2.45, 2.75) is 25.7 Å². The molecule has 33 heavy (non-hydrogen) atoms. The number of anilines is 1. The van der Waals surface area contributed by atoms with E-state index in [1.807, 2.05) is 0 Å². The van der Waals surface area contributed by atoms with Gasteiger partial charge < -0.3 is 10.1 Å². The molecule has 1 aliphatic rings. The van der Waals surface area contributed by atoms with Crippen LogP contribution >= 0.6 is 22.7 Å². The predicted octanol–water partition coefficient (Wildman–Crippen LogP) is 3.87. The molecular weight excluding hydrogens is 460 g/mol. The van der Waals surface area contributed by atoms with Crippen molar-refractivity contribution in [2.75, 3.05) is 5.32 Å². The van der Waals surface area contributed by atoms with Gasteiger partial charge in [-0.15, -0.1) is 22.7 Å². The third-order valence-corrected chi connectivity index (χ3v) is 6.97. The van der Waals surface area contributed by atoms with E-state index in [0.29, 0.717) is 26.8 Å². The van der Waals surface area contributed by atoms with Crippen LogP contribution < -0.4 is 15.5 Å². The summed E-state index contributed by atoms with van der Waals surface area (Å²) in [6.45, 7) is 0. The Bertz CT molecular complexity index is 1250. The molecule has 2 heterocycles. The van der Waals surface area contributed by atoms with Gasteiger partial charge in [0.05, 0.1) is 11.8 Å². The van der Waals surface area contributed by atoms with E-state index in [2.05, 4.69) is 21.9 Å². The molecular formula is C23H18N4O4S2. The average Bonchev–Trinajstić information content (AvgIpc) is 3.48. The van der Waals surface area contributed by atoms with Crippen LogP contribution in [0.25, 0.3) is 0 Å². The number of carbonyl (C=O) groups excluding carboxylic acids is 3. The van der Waals surface area contributed by atoms with E-state index in [4.69, 9.17) is 4.74 Å². The molecule has 2 aromatic heterocycles. The second-order valence-electron chi connectivity index (χ2n) is 7.12. The number of hydrazone groups is 1. The first kappa shape index (κ1) is 22.4. The molecule has 0 fully saturated rings. The summed E-state index contributed by atoms with van der Waals surface area (Å²) in [5.74, 6) is -1.89. The summed E-state index contributed by atoms with van der Waals surface area (Å²) in [5.41, 5.74) is 4.22. The van der Waals surface area contributed by atoms with Gasteiger partial charge in [0.25, 0.3) is 0 Å². The fraction of sp³-hybridized carbons (Fsp3) is 0.174. The van der Waals surface area contributed by atoms with Crippen molar-refractivity contribution in [1.82, 2.24) is 5.43 Å². The third-order valence-electron chi connectivity index (χ3n) is 4.91. The number of fused-ring (bicyclic) bond motifs is 1. The maximum Gasteiger partial charge on any atom is 0.353 e. The Kier molecular flexibility index (Phi) is 6.92. The highest BCUT2D eigenvalue weighted by molar-refractivity contribution is 7.16. The second-order valence-corrected chi connectivity index (χ2v) is 9.17. The molecule has 0 radical (unpaired) electrons. The molecule has 1 aromatic carbocycles. The lowest BCUT2D eigenvalue weighted by Crippen LogP contribution is -2.32. The van der Waals surface area contributed by atoms with E-state index in [-0.39, 0.29) is 0 Å². The molecule has 1 aliphatic carbocycles. The fourth-order valence-corrected chi connectivity index (χ4v) is 5.16. The Hall–Kier alpha value is -3.81. The van der Waals surface area contributed by atoms with Crippen molar-refractivity contribution in [3.63, 3.8) is 0 Å². The highest BCUT2D eigenvalue weighted by atomic mass is 32.1. The molecule has 0 atom stereocenters. The molecule has 0 saturated carbocycles. The quantitative estimate of drug-likeness (QED) is 0.190. The van der Waals surface area contributed by atoms with Crippen LogP contribution in [0.4, 0.5) is 5.00 Å². The summed E-state index contributed by atoms with van der Waals surface area (Å²) in [5, 5.41) is 18.0. The monoisotopic (exact) mass is 478 g/mol. The Labute approximate surface area is 197 Å². The van der Waals surface area contributed by atoms with Crippen LogP contribution in [0.15, 0.2) is 46.9 Å². The van der Waals surface area contributed by atoms with E-state index in [1.54, 1.807) is 41.8 Å². The fourth-order valence-electron chi connectivity index (χ4n) is 3.32. The number of nitriles is 1. The zero-order chi connectivity index (χ0) is 23.2. The minimum absolute atomic E-state index is 0.376. The number of ether oxygens (including phenoxy) is 1. The molecule has 10 heteroatoms. The maximum atomic E-state index is 12.2. The molecule has 166 valence electrons. The number of thiophene rings is 2. The van der Waals surface area contributed by atoms with Gasteiger partial charge >= 0.3 is 17.8 Å². The lowest BCUT2D eigenvalue weighted by atomic mass is 9.96. The van der Waals surface area contributed by atoms with E-state index < -0.39 is 17.8 Å². The van der Waals surface area contributed by atoms with Gasteiger partial charge in [0, 0.05) is 4.88 Å². The molecule has 0 aliphatic heterocycles. The minimum atomic E-state index is -0.942. The van der Waals surface area contributed by atoms with E-state index in [0.717, 1.165) is 36.1 Å². The zero-order valence-corrected chi connectivity index (χ0v) is 18.9. The normalized spacial score (nSPS) is 12.6. The molecule has 0 unspecified atom stereocenters. The molecule has 3 aromatic rings. The van der Waals surface area contributed by atoms with Crippen molar-refractivity contribution in [2.24, 2.45) is 5.10 Å². The SMILES string of the molecule is N#Cc1c(NC(=O)C(=O)N/N=C/c2ccc(OC(=O)c3cccs3)cc2)sc2c1CCCC2. The average molecular weight is 479 g/mol. The van der Waals surface area contributed by atoms with Gasteiger partial charge in [-0.1, -0.05) is 6.07 Å². The Morgan fingerprint density at radius 2 is 1.88 bits per heavy atom. The van der Waals surface area contributed by atoms with Gasteiger partial charge in [-0.25, -0.2) is 10.2 Å². The van der Waals surface area contributed by atoms with Crippen LogP contribution in [0.1, 0.15) is 44.1 Å². The third kappa shape index (κ3) is 5.34. The molecule has 0 bridgehead atoms. The number of rotatable bonds is 5. The maximum absolute atomic E-state index is 12.2. The summed E-state index contributed by atoms with van der Waals surface area (Å²) in [6.07, 6.45) is 5.12. The van der Waals surface area contributed by atoms with Gasteiger partial charge in [0.1, 0.15) is 21.7 Å². The number of hydrogen-bond donors (Lipinski definition) is 2. The topological polar surface area (TPSA) is 121 Å². The number of esters is 1. The van der Waals surface area contributed by atoms with Crippen LogP contribution in [0, 0.1) is 11.3 Å². The Morgan fingerprint density at radius 3 is 2.61 bits per heavy atom. The largest absolute Gasteiger partial charge is 0.422 e. The van der Waals surface area contributed by atoms with Gasteiger partial charge in [-0.2, -0.15) is 10.4 Å². The van der Waals surface area contributed by atoms with Crippen LogP contribution in [0.5, 0.6) is 5.75 Å². The van der Waals surface area contributed by atoms with Crippen molar-refractivity contribution in [3.05, 3.63) is 68.2 Å². The van der Waals surface area contributed by atoms with Gasteiger partial charge in [0.2, 0.25) is 0 Å². The number of carbonyl (C=O) groups is 3. The van der Waals surface area contributed by atoms with Gasteiger partial charge in [-0.3, -0.25) is 9.59 Å². The highest BCUT2D eigenvalue weighted by Crippen LogP contribution is 2.37. The van der Waals surface area contributed by atoms with Crippen molar-refractivity contribution in [3.8, 4) is 11.8 Å². The first-order valence-electron chi connectivity index (χ1n) is 10.1. The number of nitrogens with zero attached hydrogens (tertiary/aromatic N) is 2. The first-order chi connectivity index (χ1) is 16.0.